The number of benzene rings is 1. The minimum absolute atomic E-state index is 0.226. The number of hydrogen-bond donors (Lipinski definition) is 0. The molecule has 1 rings (SSSR count). The van der Waals surface area contributed by atoms with Crippen molar-refractivity contribution >= 4 is 10.1 Å². The molecular weight excluding hydrogens is 212 g/mol. The molecule has 0 aliphatic carbocycles. The van der Waals surface area contributed by atoms with E-state index in [0.717, 1.165) is 18.2 Å². The second kappa shape index (κ2) is 4.59. The summed E-state index contributed by atoms with van der Waals surface area (Å²) in [6.07, 6.45) is 2.39. The maximum absolute atomic E-state index is 11.5. The second-order valence-corrected chi connectivity index (χ2v) is 4.84. The van der Waals surface area contributed by atoms with Gasteiger partial charge >= 0.3 is 0 Å². The van der Waals surface area contributed by atoms with Gasteiger partial charge < -0.3 is 0 Å². The van der Waals surface area contributed by atoms with E-state index in [1.54, 1.807) is 25.1 Å². The van der Waals surface area contributed by atoms with Crippen molar-refractivity contribution in [1.29, 1.82) is 0 Å². The third kappa shape index (κ3) is 2.46. The van der Waals surface area contributed by atoms with Crippen LogP contribution in [0.2, 0.25) is 0 Å². The van der Waals surface area contributed by atoms with E-state index in [9.17, 15) is 8.42 Å². The van der Waals surface area contributed by atoms with Crippen LogP contribution in [0.4, 0.5) is 0 Å². The van der Waals surface area contributed by atoms with Crippen LogP contribution in [-0.4, -0.2) is 15.5 Å². The fourth-order valence-corrected chi connectivity index (χ4v) is 2.33. The summed E-state index contributed by atoms with van der Waals surface area (Å²) < 4.78 is 27.5. The zero-order valence-corrected chi connectivity index (χ0v) is 9.67. The molecule has 0 spiro atoms. The average Bonchev–Trinajstić information content (AvgIpc) is 2.21. The lowest BCUT2D eigenvalue weighted by Crippen LogP contribution is -2.06. The van der Waals surface area contributed by atoms with Crippen molar-refractivity contribution in [2.24, 2.45) is 0 Å². The van der Waals surface area contributed by atoms with Gasteiger partial charge in [-0.2, -0.15) is 8.42 Å². The van der Waals surface area contributed by atoms with Crippen LogP contribution in [0.5, 0.6) is 0 Å². The predicted molar refractivity (Wildman–Crippen MR) is 59.3 cm³/mol. The maximum Gasteiger partial charge on any atom is 0.296 e. The zero-order valence-electron chi connectivity index (χ0n) is 8.86. The Morgan fingerprint density at radius 2 is 2.13 bits per heavy atom. The summed E-state index contributed by atoms with van der Waals surface area (Å²) in [5, 5.41) is 0. The van der Waals surface area contributed by atoms with E-state index >= 15 is 0 Å². The van der Waals surface area contributed by atoms with Crippen molar-refractivity contribution in [1.82, 2.24) is 0 Å². The Bertz CT molecular complexity index is 461. The Morgan fingerprint density at radius 3 is 2.67 bits per heavy atom. The number of hydrogen-bond acceptors (Lipinski definition) is 3. The molecule has 0 bridgehead atoms. The molecule has 0 atom stereocenters. The van der Waals surface area contributed by atoms with Crippen molar-refractivity contribution < 1.29 is 12.6 Å². The van der Waals surface area contributed by atoms with Gasteiger partial charge in [-0.05, 0) is 30.5 Å². The first-order chi connectivity index (χ1) is 7.03. The molecule has 0 saturated carbocycles. The minimum atomic E-state index is -3.60. The quantitative estimate of drug-likeness (QED) is 0.583. The van der Waals surface area contributed by atoms with Gasteiger partial charge in [0, 0.05) is 0 Å². The second-order valence-electron chi connectivity index (χ2n) is 3.15. The van der Waals surface area contributed by atoms with E-state index in [4.69, 9.17) is 0 Å². The maximum atomic E-state index is 11.5. The lowest BCUT2D eigenvalue weighted by atomic mass is 10.1. The highest BCUT2D eigenvalue weighted by Gasteiger charge is 2.16. The minimum Gasteiger partial charge on any atom is -0.270 e. The van der Waals surface area contributed by atoms with Crippen LogP contribution in [0, 0.1) is 6.92 Å². The van der Waals surface area contributed by atoms with Gasteiger partial charge in [0.05, 0.1) is 12.0 Å². The van der Waals surface area contributed by atoms with Crippen molar-refractivity contribution in [3.8, 4) is 0 Å². The normalized spacial score (nSPS) is 11.3. The summed E-state index contributed by atoms with van der Waals surface area (Å²) in [4.78, 5) is 0.226. The monoisotopic (exact) mass is 226 g/mol. The largest absolute Gasteiger partial charge is 0.296 e. The van der Waals surface area contributed by atoms with Crippen LogP contribution in [0.3, 0.4) is 0 Å². The summed E-state index contributed by atoms with van der Waals surface area (Å²) in [6, 6.07) is 5.13. The highest BCUT2D eigenvalue weighted by molar-refractivity contribution is 7.86. The summed E-state index contributed by atoms with van der Waals surface area (Å²) in [7, 11) is -2.44. The Morgan fingerprint density at radius 1 is 1.47 bits per heavy atom. The Balaban J connectivity index is 3.33. The van der Waals surface area contributed by atoms with E-state index in [2.05, 4.69) is 10.8 Å². The fourth-order valence-electron chi connectivity index (χ4n) is 1.40. The Kier molecular flexibility index (Phi) is 3.66. The first-order valence-electron chi connectivity index (χ1n) is 4.53. The zero-order chi connectivity index (χ0) is 11.5. The van der Waals surface area contributed by atoms with E-state index in [1.807, 2.05) is 6.07 Å². The van der Waals surface area contributed by atoms with Gasteiger partial charge in [-0.15, -0.1) is 6.58 Å². The van der Waals surface area contributed by atoms with Crippen LogP contribution < -0.4 is 0 Å². The highest BCUT2D eigenvalue weighted by atomic mass is 32.2. The summed E-state index contributed by atoms with van der Waals surface area (Å²) in [5.41, 5.74) is 1.67. The molecule has 0 N–H and O–H groups in total. The first kappa shape index (κ1) is 11.9. The lowest BCUT2D eigenvalue weighted by molar-refractivity contribution is 0.397. The van der Waals surface area contributed by atoms with Gasteiger partial charge in [0.1, 0.15) is 0 Å². The van der Waals surface area contributed by atoms with E-state index in [-0.39, 0.29) is 4.90 Å². The standard InChI is InChI=1S/C11H14O3S/c1-4-6-10-7-5-8-11(9(10)2)15(12,13)14-3/h4-5,7-8H,1,6H2,2-3H3. The van der Waals surface area contributed by atoms with Crippen molar-refractivity contribution in [2.45, 2.75) is 18.2 Å². The molecule has 1 aromatic rings. The molecule has 4 heteroatoms. The van der Waals surface area contributed by atoms with Crippen LogP contribution in [0.15, 0.2) is 35.7 Å². The third-order valence-electron chi connectivity index (χ3n) is 2.25. The highest BCUT2D eigenvalue weighted by Crippen LogP contribution is 2.20. The van der Waals surface area contributed by atoms with Crippen molar-refractivity contribution in [3.63, 3.8) is 0 Å². The Hall–Kier alpha value is -1.13. The molecule has 0 amide bonds. The van der Waals surface area contributed by atoms with Crippen LogP contribution in [-0.2, 0) is 20.7 Å². The SMILES string of the molecule is C=CCc1cccc(S(=O)(=O)OC)c1C. The van der Waals surface area contributed by atoms with E-state index in [1.165, 1.54) is 0 Å². The lowest BCUT2D eigenvalue weighted by Gasteiger charge is -2.09. The summed E-state index contributed by atoms with van der Waals surface area (Å²) in [5.74, 6) is 0. The molecule has 0 saturated heterocycles. The molecule has 0 aliphatic rings. The van der Waals surface area contributed by atoms with Crippen LogP contribution in [0.1, 0.15) is 11.1 Å². The molecule has 0 aromatic heterocycles. The molecule has 15 heavy (non-hydrogen) atoms. The summed E-state index contributed by atoms with van der Waals surface area (Å²) >= 11 is 0. The van der Waals surface area contributed by atoms with Gasteiger partial charge in [0.25, 0.3) is 10.1 Å². The van der Waals surface area contributed by atoms with Gasteiger partial charge in [-0.3, -0.25) is 4.18 Å². The van der Waals surface area contributed by atoms with E-state index < -0.39 is 10.1 Å². The first-order valence-corrected chi connectivity index (χ1v) is 5.93. The summed E-state index contributed by atoms with van der Waals surface area (Å²) in [6.45, 7) is 5.40. The van der Waals surface area contributed by atoms with Gasteiger partial charge in [0.15, 0.2) is 0 Å². The van der Waals surface area contributed by atoms with Crippen LogP contribution >= 0.6 is 0 Å². The molecule has 3 nitrogen and oxygen atoms in total. The van der Waals surface area contributed by atoms with Crippen molar-refractivity contribution in [3.05, 3.63) is 42.0 Å². The Labute approximate surface area is 90.5 Å². The molecule has 0 fully saturated rings. The number of allylic oxidation sites excluding steroid dienone is 1. The molecule has 0 radical (unpaired) electrons. The molecule has 82 valence electrons. The number of rotatable bonds is 4. The molecule has 0 aliphatic heterocycles. The van der Waals surface area contributed by atoms with Gasteiger partial charge in [-0.1, -0.05) is 18.2 Å². The third-order valence-corrected chi connectivity index (χ3v) is 3.67. The van der Waals surface area contributed by atoms with Gasteiger partial charge in [-0.25, -0.2) is 0 Å². The molecule has 1 aromatic carbocycles. The molecular formula is C11H14O3S. The molecule has 0 unspecified atom stereocenters. The predicted octanol–water partition coefficient (Wildman–Crippen LogP) is 2.06. The smallest absolute Gasteiger partial charge is 0.270 e. The van der Waals surface area contributed by atoms with Gasteiger partial charge in [0.2, 0.25) is 0 Å². The average molecular weight is 226 g/mol. The van der Waals surface area contributed by atoms with Crippen LogP contribution in [0.25, 0.3) is 0 Å². The topological polar surface area (TPSA) is 43.4 Å². The molecule has 0 heterocycles. The van der Waals surface area contributed by atoms with Crippen molar-refractivity contribution in [2.75, 3.05) is 7.11 Å². The van der Waals surface area contributed by atoms with E-state index in [0.29, 0.717) is 6.42 Å². The fraction of sp³-hybridized carbons (Fsp3) is 0.273.